The maximum atomic E-state index is 4.98. The van der Waals surface area contributed by atoms with Crippen molar-refractivity contribution < 1.29 is 0 Å². The third-order valence-corrected chi connectivity index (χ3v) is 7.28. The van der Waals surface area contributed by atoms with Crippen LogP contribution in [-0.2, 0) is 5.41 Å². The first-order valence-corrected chi connectivity index (χ1v) is 12.4. The zero-order chi connectivity index (χ0) is 24.5. The van der Waals surface area contributed by atoms with Gasteiger partial charge in [0.25, 0.3) is 0 Å². The van der Waals surface area contributed by atoms with Crippen molar-refractivity contribution in [2.45, 2.75) is 12.3 Å². The molecule has 0 aromatic heterocycles. The van der Waals surface area contributed by atoms with E-state index in [4.69, 9.17) is 4.99 Å². The van der Waals surface area contributed by atoms with Gasteiger partial charge in [0.2, 0.25) is 0 Å². The number of fused-ring (bicyclic) bond motifs is 3. The van der Waals surface area contributed by atoms with Crippen molar-refractivity contribution in [2.24, 2.45) is 4.99 Å². The average Bonchev–Trinajstić information content (AvgIpc) is 3.26. The highest BCUT2D eigenvalue weighted by molar-refractivity contribution is 6.09. The van der Waals surface area contributed by atoms with E-state index in [1.807, 2.05) is 18.2 Å². The van der Waals surface area contributed by atoms with E-state index in [1.165, 1.54) is 33.4 Å². The Labute approximate surface area is 213 Å². The van der Waals surface area contributed by atoms with Crippen LogP contribution < -0.4 is 0 Å². The maximum absolute atomic E-state index is 4.98. The summed E-state index contributed by atoms with van der Waals surface area (Å²) in [6.07, 6.45) is 0. The fraction of sp³-hybridized carbons (Fsp3) is 0.0571. The largest absolute Gasteiger partial charge is 0.253 e. The van der Waals surface area contributed by atoms with Crippen molar-refractivity contribution in [2.75, 3.05) is 0 Å². The number of hydrogen-bond donors (Lipinski definition) is 0. The first-order valence-electron chi connectivity index (χ1n) is 12.4. The van der Waals surface area contributed by atoms with Gasteiger partial charge in [-0.05, 0) is 45.9 Å². The minimum atomic E-state index is -0.402. The fourth-order valence-electron chi connectivity index (χ4n) is 5.75. The molecule has 1 aliphatic carbocycles. The van der Waals surface area contributed by atoms with E-state index in [1.54, 1.807) is 0 Å². The second-order valence-electron chi connectivity index (χ2n) is 9.27. The minimum absolute atomic E-state index is 0.402. The molecule has 0 fully saturated rings. The number of nitrogens with zero attached hydrogens (tertiary/aromatic N) is 1. The topological polar surface area (TPSA) is 12.4 Å². The van der Waals surface area contributed by atoms with E-state index < -0.39 is 5.41 Å². The molecule has 0 bridgehead atoms. The van der Waals surface area contributed by atoms with Crippen molar-refractivity contribution in [3.8, 4) is 11.1 Å². The van der Waals surface area contributed by atoms with Crippen LogP contribution in [0.5, 0.6) is 0 Å². The van der Waals surface area contributed by atoms with E-state index >= 15 is 0 Å². The van der Waals surface area contributed by atoms with Crippen LogP contribution in [0.3, 0.4) is 0 Å². The second-order valence-corrected chi connectivity index (χ2v) is 9.27. The number of rotatable bonds is 5. The zero-order valence-electron chi connectivity index (χ0n) is 20.4. The highest BCUT2D eigenvalue weighted by Crippen LogP contribution is 2.56. The molecule has 0 radical (unpaired) electrons. The summed E-state index contributed by atoms with van der Waals surface area (Å²) in [7, 11) is 0. The summed E-state index contributed by atoms with van der Waals surface area (Å²) in [5.41, 5.74) is 11.2. The summed E-state index contributed by atoms with van der Waals surface area (Å²) in [5.74, 6) is 0. The van der Waals surface area contributed by atoms with Crippen molar-refractivity contribution in [3.63, 3.8) is 0 Å². The van der Waals surface area contributed by atoms with E-state index in [0.29, 0.717) is 0 Å². The van der Waals surface area contributed by atoms with Crippen LogP contribution in [0.4, 0.5) is 0 Å². The van der Waals surface area contributed by atoms with Crippen molar-refractivity contribution in [3.05, 3.63) is 173 Å². The van der Waals surface area contributed by atoms with Gasteiger partial charge >= 0.3 is 0 Å². The van der Waals surface area contributed by atoms with Crippen LogP contribution >= 0.6 is 0 Å². The monoisotopic (exact) mass is 461 g/mol. The molecule has 0 saturated heterocycles. The molecule has 36 heavy (non-hydrogen) atoms. The van der Waals surface area contributed by atoms with Gasteiger partial charge in [-0.3, -0.25) is 4.99 Å². The predicted octanol–water partition coefficient (Wildman–Crippen LogP) is 8.53. The molecule has 0 spiro atoms. The number of hydrogen-bond acceptors (Lipinski definition) is 1. The third-order valence-electron chi connectivity index (χ3n) is 7.28. The molecule has 1 aliphatic rings. The Morgan fingerprint density at radius 1 is 0.583 bits per heavy atom. The summed E-state index contributed by atoms with van der Waals surface area (Å²) < 4.78 is 0. The van der Waals surface area contributed by atoms with E-state index in [9.17, 15) is 0 Å². The van der Waals surface area contributed by atoms with Crippen LogP contribution in [0.1, 0.15) is 40.3 Å². The van der Waals surface area contributed by atoms with Crippen LogP contribution in [0, 0.1) is 0 Å². The highest BCUT2D eigenvalue weighted by Gasteiger charge is 2.46. The summed E-state index contributed by atoms with van der Waals surface area (Å²) in [4.78, 5) is 4.98. The van der Waals surface area contributed by atoms with Gasteiger partial charge in [-0.1, -0.05) is 140 Å². The van der Waals surface area contributed by atoms with Gasteiger partial charge < -0.3 is 0 Å². The Bertz CT molecular complexity index is 1540. The molecule has 6 rings (SSSR count). The molecule has 5 aromatic rings. The Balaban J connectivity index is 1.64. The lowest BCUT2D eigenvalue weighted by molar-refractivity contribution is 0.768. The lowest BCUT2D eigenvalue weighted by atomic mass is 9.67. The molecule has 1 heteroatoms. The molecule has 172 valence electrons. The molecule has 0 saturated carbocycles. The van der Waals surface area contributed by atoms with Crippen LogP contribution in [0.2, 0.25) is 0 Å². The normalized spacial score (nSPS) is 13.6. The third kappa shape index (κ3) is 3.36. The summed E-state index contributed by atoms with van der Waals surface area (Å²) in [6.45, 7) is 6.36. The molecule has 0 heterocycles. The van der Waals surface area contributed by atoms with E-state index in [-0.39, 0.29) is 0 Å². The standard InChI is InChI=1S/C35H27N/c1-25(27-15-6-3-7-16-27)36-26(2)30-22-14-24-33-34(30)31-21-12-13-23-32(31)35(33,28-17-8-4-9-18-28)29-19-10-5-11-20-29/h3-24H,1H2,2H3. The second kappa shape index (κ2) is 8.94. The summed E-state index contributed by atoms with van der Waals surface area (Å²) in [6, 6.07) is 47.4. The van der Waals surface area contributed by atoms with Gasteiger partial charge in [0, 0.05) is 11.3 Å². The van der Waals surface area contributed by atoms with Gasteiger partial charge in [-0.25, -0.2) is 0 Å². The first kappa shape index (κ1) is 22.0. The predicted molar refractivity (Wildman–Crippen MR) is 151 cm³/mol. The number of aliphatic imine (C=N–C) groups is 1. The SMILES string of the molecule is C=C(N=C(C)c1cccc2c1-c1ccccc1C2(c1ccccc1)c1ccccc1)c1ccccc1. The highest BCUT2D eigenvalue weighted by atomic mass is 14.8. The molecule has 0 atom stereocenters. The van der Waals surface area contributed by atoms with E-state index in [0.717, 1.165) is 22.5 Å². The van der Waals surface area contributed by atoms with Crippen LogP contribution in [-0.4, -0.2) is 5.71 Å². The molecule has 0 unspecified atom stereocenters. The number of benzene rings is 5. The molecule has 5 aromatic carbocycles. The molecular weight excluding hydrogens is 434 g/mol. The quantitative estimate of drug-likeness (QED) is 0.228. The average molecular weight is 462 g/mol. The van der Waals surface area contributed by atoms with Crippen LogP contribution in [0.25, 0.3) is 16.8 Å². The van der Waals surface area contributed by atoms with Gasteiger partial charge in [-0.15, -0.1) is 0 Å². The maximum Gasteiger partial charge on any atom is 0.0713 e. The summed E-state index contributed by atoms with van der Waals surface area (Å²) >= 11 is 0. The lowest BCUT2D eigenvalue weighted by Crippen LogP contribution is -2.28. The van der Waals surface area contributed by atoms with Crippen molar-refractivity contribution >= 4 is 11.4 Å². The zero-order valence-corrected chi connectivity index (χ0v) is 20.4. The lowest BCUT2D eigenvalue weighted by Gasteiger charge is -2.33. The molecule has 0 N–H and O–H groups in total. The van der Waals surface area contributed by atoms with Gasteiger partial charge in [0.15, 0.2) is 0 Å². The van der Waals surface area contributed by atoms with Gasteiger partial charge in [0.1, 0.15) is 0 Å². The smallest absolute Gasteiger partial charge is 0.0713 e. The van der Waals surface area contributed by atoms with Gasteiger partial charge in [0.05, 0.1) is 11.1 Å². The minimum Gasteiger partial charge on any atom is -0.253 e. The summed E-state index contributed by atoms with van der Waals surface area (Å²) in [5, 5.41) is 0. The molecule has 0 aliphatic heterocycles. The molecular formula is C35H27N. The Morgan fingerprint density at radius 2 is 1.11 bits per heavy atom. The molecule has 0 amide bonds. The Morgan fingerprint density at radius 3 is 1.75 bits per heavy atom. The fourth-order valence-corrected chi connectivity index (χ4v) is 5.75. The Kier molecular flexibility index (Phi) is 5.47. The Hall–Kier alpha value is -4.49. The van der Waals surface area contributed by atoms with E-state index in [2.05, 4.69) is 129 Å². The molecule has 1 nitrogen and oxygen atoms in total. The van der Waals surface area contributed by atoms with Crippen molar-refractivity contribution in [1.82, 2.24) is 0 Å². The first-order chi connectivity index (χ1) is 17.7. The van der Waals surface area contributed by atoms with Gasteiger partial charge in [-0.2, -0.15) is 0 Å². The van der Waals surface area contributed by atoms with Crippen molar-refractivity contribution in [1.29, 1.82) is 0 Å². The van der Waals surface area contributed by atoms with Crippen LogP contribution in [0.15, 0.2) is 145 Å².